The Hall–Kier alpha value is -2.47. The molecule has 2 aromatic heterocycles. The van der Waals surface area contributed by atoms with E-state index in [0.717, 1.165) is 12.8 Å². The third-order valence-electron chi connectivity index (χ3n) is 4.55. The summed E-state index contributed by atoms with van der Waals surface area (Å²) in [5.74, 6) is 1.44. The van der Waals surface area contributed by atoms with E-state index >= 15 is 0 Å². The fourth-order valence-corrected chi connectivity index (χ4v) is 4.03. The predicted octanol–water partition coefficient (Wildman–Crippen LogP) is 3.46. The van der Waals surface area contributed by atoms with E-state index in [9.17, 15) is 4.79 Å². The summed E-state index contributed by atoms with van der Waals surface area (Å²) in [6.45, 7) is 0.282. The van der Waals surface area contributed by atoms with Gasteiger partial charge >= 0.3 is 0 Å². The zero-order valence-corrected chi connectivity index (χ0v) is 14.6. The summed E-state index contributed by atoms with van der Waals surface area (Å²) in [4.78, 5) is 17.8. The van der Waals surface area contributed by atoms with Crippen molar-refractivity contribution < 1.29 is 9.32 Å². The Bertz CT molecular complexity index is 857. The van der Waals surface area contributed by atoms with E-state index in [1.807, 2.05) is 23.6 Å². The molecule has 0 radical (unpaired) electrons. The van der Waals surface area contributed by atoms with Gasteiger partial charge in [-0.2, -0.15) is 4.98 Å². The SMILES string of the molecule is O=C(C[C@@H]1CCc2ccccc21)NCc1nc(Cc2cccs2)no1. The number of rotatable bonds is 6. The van der Waals surface area contributed by atoms with Gasteiger partial charge in [-0.05, 0) is 41.3 Å². The van der Waals surface area contributed by atoms with Crippen molar-refractivity contribution in [2.75, 3.05) is 0 Å². The molecule has 1 amide bonds. The Balaban J connectivity index is 1.29. The maximum atomic E-state index is 12.2. The zero-order valence-electron chi connectivity index (χ0n) is 13.8. The molecule has 1 aliphatic rings. The van der Waals surface area contributed by atoms with Crippen molar-refractivity contribution in [2.45, 2.75) is 38.1 Å². The summed E-state index contributed by atoms with van der Waals surface area (Å²) in [7, 11) is 0. The van der Waals surface area contributed by atoms with Gasteiger partial charge in [-0.15, -0.1) is 11.3 Å². The van der Waals surface area contributed by atoms with Crippen molar-refractivity contribution in [1.82, 2.24) is 15.5 Å². The molecule has 128 valence electrons. The lowest BCUT2D eigenvalue weighted by atomic mass is 9.97. The zero-order chi connectivity index (χ0) is 17.1. The highest BCUT2D eigenvalue weighted by Crippen LogP contribution is 2.35. The second kappa shape index (κ2) is 7.19. The number of aryl methyl sites for hydroxylation is 1. The lowest BCUT2D eigenvalue weighted by Crippen LogP contribution is -2.24. The fourth-order valence-electron chi connectivity index (χ4n) is 3.33. The molecule has 0 saturated heterocycles. The monoisotopic (exact) mass is 353 g/mol. The van der Waals surface area contributed by atoms with E-state index < -0.39 is 0 Å². The van der Waals surface area contributed by atoms with E-state index in [2.05, 4.69) is 33.7 Å². The largest absolute Gasteiger partial charge is 0.347 e. The molecule has 0 fully saturated rings. The second-order valence-corrected chi connectivity index (χ2v) is 7.31. The van der Waals surface area contributed by atoms with Crippen molar-refractivity contribution >= 4 is 17.2 Å². The number of hydrogen-bond acceptors (Lipinski definition) is 5. The molecular formula is C19H19N3O2S. The predicted molar refractivity (Wildman–Crippen MR) is 95.4 cm³/mol. The minimum absolute atomic E-state index is 0.0275. The maximum Gasteiger partial charge on any atom is 0.246 e. The van der Waals surface area contributed by atoms with Crippen LogP contribution in [0, 0.1) is 0 Å². The van der Waals surface area contributed by atoms with Crippen LogP contribution in [0.1, 0.15) is 46.5 Å². The minimum Gasteiger partial charge on any atom is -0.347 e. The number of benzene rings is 1. The van der Waals surface area contributed by atoms with E-state index in [0.29, 0.717) is 30.5 Å². The van der Waals surface area contributed by atoms with E-state index in [1.54, 1.807) is 11.3 Å². The van der Waals surface area contributed by atoms with Crippen molar-refractivity contribution in [3.63, 3.8) is 0 Å². The summed E-state index contributed by atoms with van der Waals surface area (Å²) in [5, 5.41) is 8.89. The van der Waals surface area contributed by atoms with E-state index in [-0.39, 0.29) is 12.5 Å². The molecule has 3 aromatic rings. The molecule has 5 nitrogen and oxygen atoms in total. The number of aromatic nitrogens is 2. The maximum absolute atomic E-state index is 12.2. The highest BCUT2D eigenvalue weighted by Gasteiger charge is 2.24. The highest BCUT2D eigenvalue weighted by atomic mass is 32.1. The third kappa shape index (κ3) is 3.79. The summed E-state index contributed by atoms with van der Waals surface area (Å²) in [6, 6.07) is 12.4. The van der Waals surface area contributed by atoms with Gasteiger partial charge in [0.05, 0.1) is 6.54 Å². The number of nitrogens with zero attached hydrogens (tertiary/aromatic N) is 2. The van der Waals surface area contributed by atoms with Crippen molar-refractivity contribution in [2.24, 2.45) is 0 Å². The first-order valence-corrected chi connectivity index (χ1v) is 9.34. The number of nitrogens with one attached hydrogen (secondary N) is 1. The number of fused-ring (bicyclic) bond motifs is 1. The topological polar surface area (TPSA) is 68.0 Å². The normalized spacial score (nSPS) is 15.9. The standard InChI is InChI=1S/C19H19N3O2S/c23-18(10-14-8-7-13-4-1-2-6-16(13)14)20-12-19-21-17(22-24-19)11-15-5-3-9-25-15/h1-6,9,14H,7-8,10-12H2,(H,20,23)/t14-/m0/s1. The smallest absolute Gasteiger partial charge is 0.246 e. The number of carbonyl (C=O) groups is 1. The van der Waals surface area contributed by atoms with Crippen LogP contribution in [0.4, 0.5) is 0 Å². The Morgan fingerprint density at radius 2 is 2.20 bits per heavy atom. The Labute approximate surface area is 150 Å². The first-order valence-electron chi connectivity index (χ1n) is 8.46. The first kappa shape index (κ1) is 16.0. The van der Waals surface area contributed by atoms with E-state index in [1.165, 1.54) is 16.0 Å². The average molecular weight is 353 g/mol. The van der Waals surface area contributed by atoms with Crippen molar-refractivity contribution in [3.05, 3.63) is 69.5 Å². The van der Waals surface area contributed by atoms with Crippen molar-refractivity contribution in [3.8, 4) is 0 Å². The van der Waals surface area contributed by atoms with Crippen LogP contribution in [0.3, 0.4) is 0 Å². The summed E-state index contributed by atoms with van der Waals surface area (Å²) >= 11 is 1.67. The lowest BCUT2D eigenvalue weighted by Gasteiger charge is -2.10. The second-order valence-electron chi connectivity index (χ2n) is 6.28. The molecule has 1 N–H and O–H groups in total. The highest BCUT2D eigenvalue weighted by molar-refractivity contribution is 7.09. The summed E-state index contributed by atoms with van der Waals surface area (Å²) < 4.78 is 5.22. The van der Waals surface area contributed by atoms with Gasteiger partial charge in [0.1, 0.15) is 0 Å². The van der Waals surface area contributed by atoms with E-state index in [4.69, 9.17) is 4.52 Å². The van der Waals surface area contributed by atoms with Crippen LogP contribution >= 0.6 is 11.3 Å². The molecule has 1 aromatic carbocycles. The average Bonchev–Trinajstić information content (AvgIpc) is 3.36. The molecule has 6 heteroatoms. The molecule has 0 unspecified atom stereocenters. The van der Waals surface area contributed by atoms with Crippen LogP contribution < -0.4 is 5.32 Å². The molecule has 1 atom stereocenters. The minimum atomic E-state index is 0.0275. The van der Waals surface area contributed by atoms with Gasteiger partial charge in [0.25, 0.3) is 0 Å². The number of thiophene rings is 1. The van der Waals surface area contributed by atoms with Gasteiger partial charge in [-0.1, -0.05) is 35.5 Å². The molecule has 1 aliphatic carbocycles. The Kier molecular flexibility index (Phi) is 4.61. The van der Waals surface area contributed by atoms with Gasteiger partial charge in [0.15, 0.2) is 5.82 Å². The van der Waals surface area contributed by atoms with Crippen LogP contribution in [0.25, 0.3) is 0 Å². The Morgan fingerprint density at radius 1 is 1.28 bits per heavy atom. The van der Waals surface area contributed by atoms with Crippen LogP contribution in [-0.2, 0) is 24.2 Å². The molecule has 25 heavy (non-hydrogen) atoms. The van der Waals surface area contributed by atoms with Crippen LogP contribution in [0.15, 0.2) is 46.3 Å². The van der Waals surface area contributed by atoms with Gasteiger partial charge in [-0.3, -0.25) is 4.79 Å². The quantitative estimate of drug-likeness (QED) is 0.737. The molecule has 0 saturated carbocycles. The third-order valence-corrected chi connectivity index (χ3v) is 5.42. The van der Waals surface area contributed by atoms with Crippen LogP contribution in [0.5, 0.6) is 0 Å². The molecule has 2 heterocycles. The molecule has 4 rings (SSSR count). The van der Waals surface area contributed by atoms with Gasteiger partial charge in [-0.25, -0.2) is 0 Å². The van der Waals surface area contributed by atoms with Gasteiger partial charge in [0.2, 0.25) is 11.8 Å². The molecule has 0 spiro atoms. The summed E-state index contributed by atoms with van der Waals surface area (Å²) in [5.41, 5.74) is 2.68. The van der Waals surface area contributed by atoms with Crippen molar-refractivity contribution in [1.29, 1.82) is 0 Å². The molecule has 0 aliphatic heterocycles. The number of amides is 1. The fraction of sp³-hybridized carbons (Fsp3) is 0.316. The molecular weight excluding hydrogens is 334 g/mol. The van der Waals surface area contributed by atoms with Gasteiger partial charge < -0.3 is 9.84 Å². The molecule has 0 bridgehead atoms. The lowest BCUT2D eigenvalue weighted by molar-refractivity contribution is -0.121. The van der Waals surface area contributed by atoms with Crippen LogP contribution in [-0.4, -0.2) is 16.0 Å². The Morgan fingerprint density at radius 3 is 3.08 bits per heavy atom. The van der Waals surface area contributed by atoms with Gasteiger partial charge in [0, 0.05) is 17.7 Å². The number of carbonyl (C=O) groups excluding carboxylic acids is 1. The van der Waals surface area contributed by atoms with Crippen LogP contribution in [0.2, 0.25) is 0 Å². The first-order chi connectivity index (χ1) is 12.3. The summed E-state index contributed by atoms with van der Waals surface area (Å²) in [6.07, 6.45) is 3.27. The number of hydrogen-bond donors (Lipinski definition) is 1.